The summed E-state index contributed by atoms with van der Waals surface area (Å²) in [5, 5.41) is 0. The second-order valence-corrected chi connectivity index (χ2v) is 2.99. The molecule has 0 N–H and O–H groups in total. The van der Waals surface area contributed by atoms with Crippen molar-refractivity contribution in [2.45, 2.75) is 13.3 Å². The molecule has 1 heteroatoms. The lowest BCUT2D eigenvalue weighted by atomic mass is 10.1. The highest BCUT2D eigenvalue weighted by Gasteiger charge is 1.93. The van der Waals surface area contributed by atoms with Gasteiger partial charge in [-0.1, -0.05) is 37.0 Å². The maximum atomic E-state index is 10.3. The minimum absolute atomic E-state index is 0.0382. The van der Waals surface area contributed by atoms with Crippen molar-refractivity contribution >= 4 is 6.29 Å². The Kier molecular flexibility index (Phi) is 3.78. The van der Waals surface area contributed by atoms with Crippen LogP contribution in [0.5, 0.6) is 0 Å². The molecule has 0 spiro atoms. The molecule has 0 radical (unpaired) electrons. The van der Waals surface area contributed by atoms with Crippen molar-refractivity contribution < 1.29 is 4.79 Å². The van der Waals surface area contributed by atoms with E-state index in [-0.39, 0.29) is 5.92 Å². The second kappa shape index (κ2) is 5.16. The van der Waals surface area contributed by atoms with Gasteiger partial charge in [-0.2, -0.15) is 0 Å². The summed E-state index contributed by atoms with van der Waals surface area (Å²) < 4.78 is 0. The summed E-state index contributed by atoms with van der Waals surface area (Å²) in [7, 11) is 0. The first-order valence-electron chi connectivity index (χ1n) is 4.32. The number of benzene rings is 1. The lowest BCUT2D eigenvalue weighted by Gasteiger charge is -1.92. The van der Waals surface area contributed by atoms with E-state index in [9.17, 15) is 4.79 Å². The summed E-state index contributed by atoms with van der Waals surface area (Å²) >= 11 is 0. The van der Waals surface area contributed by atoms with Gasteiger partial charge in [-0.3, -0.25) is 0 Å². The van der Waals surface area contributed by atoms with Crippen LogP contribution in [0.3, 0.4) is 0 Å². The molecule has 0 amide bonds. The monoisotopic (exact) mass is 172 g/mol. The Balaban J connectivity index is 2.53. The average molecular weight is 172 g/mol. The first kappa shape index (κ1) is 9.54. The van der Waals surface area contributed by atoms with Crippen LogP contribution in [0.4, 0.5) is 0 Å². The van der Waals surface area contributed by atoms with E-state index < -0.39 is 0 Å². The third-order valence-electron chi connectivity index (χ3n) is 1.66. The van der Waals surface area contributed by atoms with Crippen molar-refractivity contribution in [3.8, 4) is 11.8 Å². The fourth-order valence-electron chi connectivity index (χ4n) is 0.884. The van der Waals surface area contributed by atoms with E-state index in [1.807, 2.05) is 37.3 Å². The lowest BCUT2D eigenvalue weighted by Crippen LogP contribution is -1.92. The van der Waals surface area contributed by atoms with Crippen LogP contribution in [0.15, 0.2) is 30.3 Å². The van der Waals surface area contributed by atoms with Gasteiger partial charge in [0.1, 0.15) is 6.29 Å². The van der Waals surface area contributed by atoms with E-state index >= 15 is 0 Å². The summed E-state index contributed by atoms with van der Waals surface area (Å²) in [6, 6.07) is 9.77. The van der Waals surface area contributed by atoms with E-state index in [2.05, 4.69) is 11.8 Å². The van der Waals surface area contributed by atoms with E-state index in [1.54, 1.807) is 0 Å². The Morgan fingerprint density at radius 3 is 2.69 bits per heavy atom. The number of hydrogen-bond donors (Lipinski definition) is 0. The van der Waals surface area contributed by atoms with Gasteiger partial charge in [0.05, 0.1) is 0 Å². The van der Waals surface area contributed by atoms with Crippen LogP contribution in [0.2, 0.25) is 0 Å². The van der Waals surface area contributed by atoms with Gasteiger partial charge in [-0.05, 0) is 12.1 Å². The van der Waals surface area contributed by atoms with Crippen LogP contribution in [-0.2, 0) is 4.79 Å². The smallest absolute Gasteiger partial charge is 0.123 e. The number of carbonyl (C=O) groups is 1. The van der Waals surface area contributed by atoms with Gasteiger partial charge >= 0.3 is 0 Å². The van der Waals surface area contributed by atoms with E-state index in [0.717, 1.165) is 11.8 Å². The lowest BCUT2D eigenvalue weighted by molar-refractivity contribution is -0.110. The Morgan fingerprint density at radius 2 is 2.08 bits per heavy atom. The van der Waals surface area contributed by atoms with Gasteiger partial charge in [0, 0.05) is 17.9 Å². The molecule has 0 aromatic heterocycles. The van der Waals surface area contributed by atoms with Crippen molar-refractivity contribution in [2.24, 2.45) is 5.92 Å². The van der Waals surface area contributed by atoms with Crippen molar-refractivity contribution in [3.63, 3.8) is 0 Å². The number of rotatable bonds is 2. The van der Waals surface area contributed by atoms with Crippen LogP contribution in [0, 0.1) is 17.8 Å². The molecular formula is C12H12O. The van der Waals surface area contributed by atoms with Gasteiger partial charge in [0.2, 0.25) is 0 Å². The van der Waals surface area contributed by atoms with Gasteiger partial charge in [0.25, 0.3) is 0 Å². The Hall–Kier alpha value is -1.55. The molecule has 1 unspecified atom stereocenters. The number of aldehydes is 1. The van der Waals surface area contributed by atoms with E-state index in [1.165, 1.54) is 0 Å². The van der Waals surface area contributed by atoms with Crippen molar-refractivity contribution in [1.82, 2.24) is 0 Å². The molecule has 66 valence electrons. The molecule has 1 nitrogen and oxygen atoms in total. The number of carbonyl (C=O) groups excluding carboxylic acids is 1. The summed E-state index contributed by atoms with van der Waals surface area (Å²) in [5.74, 6) is 6.01. The maximum absolute atomic E-state index is 10.3. The second-order valence-electron chi connectivity index (χ2n) is 2.99. The highest BCUT2D eigenvalue weighted by Crippen LogP contribution is 1.98. The summed E-state index contributed by atoms with van der Waals surface area (Å²) in [6.07, 6.45) is 1.57. The standard InChI is InChI=1S/C12H12O/c1-11(10-13)6-5-9-12-7-3-2-4-8-12/h2-4,7-8,10-11H,6H2,1H3. The molecule has 0 aliphatic heterocycles. The molecule has 0 aliphatic carbocycles. The zero-order chi connectivity index (χ0) is 9.52. The normalized spacial score (nSPS) is 11.2. The number of hydrogen-bond acceptors (Lipinski definition) is 1. The van der Waals surface area contributed by atoms with Gasteiger partial charge < -0.3 is 4.79 Å². The molecule has 0 saturated heterocycles. The zero-order valence-corrected chi connectivity index (χ0v) is 7.66. The third-order valence-corrected chi connectivity index (χ3v) is 1.66. The molecule has 0 saturated carbocycles. The topological polar surface area (TPSA) is 17.1 Å². The van der Waals surface area contributed by atoms with Gasteiger partial charge in [-0.25, -0.2) is 0 Å². The molecule has 1 aromatic carbocycles. The van der Waals surface area contributed by atoms with Crippen molar-refractivity contribution in [3.05, 3.63) is 35.9 Å². The molecular weight excluding hydrogens is 160 g/mol. The van der Waals surface area contributed by atoms with Crippen molar-refractivity contribution in [2.75, 3.05) is 0 Å². The van der Waals surface area contributed by atoms with Crippen LogP contribution >= 0.6 is 0 Å². The van der Waals surface area contributed by atoms with Crippen LogP contribution < -0.4 is 0 Å². The highest BCUT2D eigenvalue weighted by atomic mass is 16.1. The van der Waals surface area contributed by atoms with Gasteiger partial charge in [0.15, 0.2) is 0 Å². The van der Waals surface area contributed by atoms with E-state index in [0.29, 0.717) is 6.42 Å². The van der Waals surface area contributed by atoms with E-state index in [4.69, 9.17) is 0 Å². The Labute approximate surface area is 78.8 Å². The molecule has 0 aliphatic rings. The largest absolute Gasteiger partial charge is 0.303 e. The third kappa shape index (κ3) is 3.57. The summed E-state index contributed by atoms with van der Waals surface area (Å²) in [6.45, 7) is 1.87. The predicted octanol–water partition coefficient (Wildman–Crippen LogP) is 2.26. The maximum Gasteiger partial charge on any atom is 0.123 e. The Bertz CT molecular complexity index is 316. The molecule has 1 atom stereocenters. The molecule has 0 bridgehead atoms. The molecule has 0 fully saturated rings. The van der Waals surface area contributed by atoms with Crippen LogP contribution in [0.1, 0.15) is 18.9 Å². The van der Waals surface area contributed by atoms with Crippen LogP contribution in [0.25, 0.3) is 0 Å². The minimum atomic E-state index is 0.0382. The molecule has 13 heavy (non-hydrogen) atoms. The first-order valence-corrected chi connectivity index (χ1v) is 4.32. The highest BCUT2D eigenvalue weighted by molar-refractivity contribution is 5.53. The van der Waals surface area contributed by atoms with Crippen molar-refractivity contribution in [1.29, 1.82) is 0 Å². The van der Waals surface area contributed by atoms with Gasteiger partial charge in [-0.15, -0.1) is 0 Å². The first-order chi connectivity index (χ1) is 6.33. The summed E-state index contributed by atoms with van der Waals surface area (Å²) in [5.41, 5.74) is 1.00. The quantitative estimate of drug-likeness (QED) is 0.494. The Morgan fingerprint density at radius 1 is 1.38 bits per heavy atom. The molecule has 1 rings (SSSR count). The zero-order valence-electron chi connectivity index (χ0n) is 7.66. The minimum Gasteiger partial charge on any atom is -0.303 e. The predicted molar refractivity (Wildman–Crippen MR) is 53.2 cm³/mol. The fourth-order valence-corrected chi connectivity index (χ4v) is 0.884. The fraction of sp³-hybridized carbons (Fsp3) is 0.250. The summed E-state index contributed by atoms with van der Waals surface area (Å²) in [4.78, 5) is 10.3. The van der Waals surface area contributed by atoms with Crippen LogP contribution in [-0.4, -0.2) is 6.29 Å². The molecule has 1 aromatic rings. The average Bonchev–Trinajstić information content (AvgIpc) is 2.19. The SMILES string of the molecule is CC(C=O)CC#Cc1ccccc1. The molecule has 0 heterocycles.